The van der Waals surface area contributed by atoms with Crippen LogP contribution in [0.2, 0.25) is 0 Å². The number of imidazole rings is 1. The van der Waals surface area contributed by atoms with Gasteiger partial charge in [-0.3, -0.25) is 0 Å². The van der Waals surface area contributed by atoms with E-state index in [1.807, 2.05) is 0 Å². The lowest BCUT2D eigenvalue weighted by atomic mass is 10.4. The van der Waals surface area contributed by atoms with Crippen LogP contribution < -0.4 is 5.73 Å². The standard InChI is InChI=1S/C6H11NO2.C5H6N2/c1-5(2)6(8)9-4-3-7;1-2-5-6-3-4-7-5/h1,3-4,7H2,2H3;2-4H,1H2,(H,6,7). The van der Waals surface area contributed by atoms with Gasteiger partial charge in [0, 0.05) is 24.5 Å². The van der Waals surface area contributed by atoms with Gasteiger partial charge in [0.1, 0.15) is 12.4 Å². The first-order valence-electron chi connectivity index (χ1n) is 4.76. The Morgan fingerprint density at radius 3 is 2.75 bits per heavy atom. The zero-order valence-corrected chi connectivity index (χ0v) is 9.40. The van der Waals surface area contributed by atoms with Crippen molar-refractivity contribution in [2.24, 2.45) is 5.73 Å². The molecule has 0 saturated carbocycles. The number of aromatic amines is 1. The van der Waals surface area contributed by atoms with Gasteiger partial charge in [-0.2, -0.15) is 0 Å². The number of nitrogens with one attached hydrogen (secondary N) is 1. The van der Waals surface area contributed by atoms with Crippen LogP contribution in [0.15, 0.2) is 31.1 Å². The molecule has 0 spiro atoms. The normalized spacial score (nSPS) is 8.62. The van der Waals surface area contributed by atoms with E-state index in [2.05, 4.69) is 27.9 Å². The molecule has 1 heterocycles. The van der Waals surface area contributed by atoms with E-state index in [0.29, 0.717) is 12.1 Å². The third-order valence-corrected chi connectivity index (χ3v) is 1.41. The van der Waals surface area contributed by atoms with Crippen molar-refractivity contribution in [2.75, 3.05) is 13.2 Å². The molecule has 0 atom stereocenters. The molecule has 0 aliphatic heterocycles. The number of nitrogens with two attached hydrogens (primary N) is 1. The molecule has 0 fully saturated rings. The fraction of sp³-hybridized carbons (Fsp3) is 0.273. The van der Waals surface area contributed by atoms with E-state index < -0.39 is 0 Å². The van der Waals surface area contributed by atoms with Gasteiger partial charge in [0.15, 0.2) is 0 Å². The Morgan fingerprint density at radius 2 is 2.44 bits per heavy atom. The highest BCUT2D eigenvalue weighted by Gasteiger charge is 1.99. The minimum absolute atomic E-state index is 0.270. The molecule has 5 heteroatoms. The monoisotopic (exact) mass is 223 g/mol. The maximum absolute atomic E-state index is 10.5. The summed E-state index contributed by atoms with van der Waals surface area (Å²) in [5.41, 5.74) is 5.48. The van der Waals surface area contributed by atoms with Crippen molar-refractivity contribution in [2.45, 2.75) is 6.92 Å². The van der Waals surface area contributed by atoms with Crippen LogP contribution >= 0.6 is 0 Å². The number of hydrogen-bond donors (Lipinski definition) is 2. The summed E-state index contributed by atoms with van der Waals surface area (Å²) in [4.78, 5) is 17.2. The molecule has 0 aromatic carbocycles. The van der Waals surface area contributed by atoms with Gasteiger partial charge in [0.05, 0.1) is 0 Å². The lowest BCUT2D eigenvalue weighted by Crippen LogP contribution is -2.13. The number of hydrogen-bond acceptors (Lipinski definition) is 4. The van der Waals surface area contributed by atoms with Crippen LogP contribution in [-0.2, 0) is 9.53 Å². The fourth-order valence-corrected chi connectivity index (χ4v) is 0.664. The summed E-state index contributed by atoms with van der Waals surface area (Å²) in [5.74, 6) is 0.445. The Labute approximate surface area is 95.0 Å². The van der Waals surface area contributed by atoms with Crippen LogP contribution in [0.1, 0.15) is 12.7 Å². The average molecular weight is 223 g/mol. The van der Waals surface area contributed by atoms with Gasteiger partial charge < -0.3 is 15.5 Å². The maximum Gasteiger partial charge on any atom is 0.333 e. The summed E-state index contributed by atoms with van der Waals surface area (Å²) >= 11 is 0. The van der Waals surface area contributed by atoms with Crippen molar-refractivity contribution in [3.63, 3.8) is 0 Å². The highest BCUT2D eigenvalue weighted by atomic mass is 16.5. The largest absolute Gasteiger partial charge is 0.461 e. The minimum atomic E-state index is -0.375. The van der Waals surface area contributed by atoms with Gasteiger partial charge in [-0.1, -0.05) is 13.2 Å². The zero-order chi connectivity index (χ0) is 12.4. The SMILES string of the molecule is C=C(C)C(=O)OCCN.C=Cc1ncc[nH]1. The van der Waals surface area contributed by atoms with Gasteiger partial charge in [-0.15, -0.1) is 0 Å². The van der Waals surface area contributed by atoms with E-state index in [-0.39, 0.29) is 12.6 Å². The summed E-state index contributed by atoms with van der Waals surface area (Å²) in [7, 11) is 0. The molecule has 88 valence electrons. The molecule has 1 aromatic rings. The van der Waals surface area contributed by atoms with Crippen LogP contribution in [0, 0.1) is 0 Å². The predicted molar refractivity (Wildman–Crippen MR) is 63.5 cm³/mol. The van der Waals surface area contributed by atoms with Crippen LogP contribution in [0.4, 0.5) is 0 Å². The van der Waals surface area contributed by atoms with Gasteiger partial charge >= 0.3 is 5.97 Å². The van der Waals surface area contributed by atoms with Gasteiger partial charge in [0.25, 0.3) is 0 Å². The van der Waals surface area contributed by atoms with E-state index in [1.165, 1.54) is 0 Å². The Balaban J connectivity index is 0.000000288. The Bertz CT molecular complexity index is 331. The quantitative estimate of drug-likeness (QED) is 0.592. The van der Waals surface area contributed by atoms with Gasteiger partial charge in [0.2, 0.25) is 0 Å². The number of rotatable bonds is 4. The van der Waals surface area contributed by atoms with Gasteiger partial charge in [-0.05, 0) is 13.0 Å². The van der Waals surface area contributed by atoms with E-state index in [1.54, 1.807) is 25.4 Å². The molecule has 0 bridgehead atoms. The van der Waals surface area contributed by atoms with E-state index in [0.717, 1.165) is 5.82 Å². The first kappa shape index (κ1) is 14.1. The summed E-state index contributed by atoms with van der Waals surface area (Å²) in [6.45, 7) is 9.13. The second-order valence-electron chi connectivity index (χ2n) is 2.88. The second-order valence-corrected chi connectivity index (χ2v) is 2.88. The second kappa shape index (κ2) is 8.43. The number of ether oxygens (including phenoxy) is 1. The van der Waals surface area contributed by atoms with Gasteiger partial charge in [-0.25, -0.2) is 9.78 Å². The molecule has 1 rings (SSSR count). The molecule has 0 radical (unpaired) electrons. The molecule has 0 aliphatic carbocycles. The number of nitrogens with zero attached hydrogens (tertiary/aromatic N) is 1. The molecule has 0 amide bonds. The number of aromatic nitrogens is 2. The predicted octanol–water partition coefficient (Wildman–Crippen LogP) is 1.12. The van der Waals surface area contributed by atoms with E-state index in [9.17, 15) is 4.79 Å². The van der Waals surface area contributed by atoms with Crippen molar-refractivity contribution >= 4 is 12.0 Å². The third-order valence-electron chi connectivity index (χ3n) is 1.41. The smallest absolute Gasteiger partial charge is 0.333 e. The molecule has 0 saturated heterocycles. The van der Waals surface area contributed by atoms with Crippen LogP contribution in [-0.4, -0.2) is 29.1 Å². The topological polar surface area (TPSA) is 81.0 Å². The van der Waals surface area contributed by atoms with Crippen molar-refractivity contribution in [1.82, 2.24) is 9.97 Å². The van der Waals surface area contributed by atoms with Crippen LogP contribution in [0.5, 0.6) is 0 Å². The molecule has 0 unspecified atom stereocenters. The Kier molecular flexibility index (Phi) is 7.44. The van der Waals surface area contributed by atoms with Crippen LogP contribution in [0.3, 0.4) is 0 Å². The lowest BCUT2D eigenvalue weighted by Gasteiger charge is -1.99. The Morgan fingerprint density at radius 1 is 1.75 bits per heavy atom. The highest BCUT2D eigenvalue weighted by molar-refractivity contribution is 5.86. The zero-order valence-electron chi connectivity index (χ0n) is 9.40. The summed E-state index contributed by atoms with van der Waals surface area (Å²) < 4.78 is 4.59. The number of esters is 1. The molecule has 0 aliphatic rings. The first-order chi connectivity index (χ1) is 7.61. The molecule has 16 heavy (non-hydrogen) atoms. The molecular formula is C11H17N3O2. The van der Waals surface area contributed by atoms with E-state index in [4.69, 9.17) is 5.73 Å². The van der Waals surface area contributed by atoms with Crippen molar-refractivity contribution in [3.05, 3.63) is 36.9 Å². The van der Waals surface area contributed by atoms with Crippen molar-refractivity contribution in [1.29, 1.82) is 0 Å². The number of carbonyl (C=O) groups excluding carboxylic acids is 1. The minimum Gasteiger partial charge on any atom is -0.461 e. The Hall–Kier alpha value is -1.88. The molecule has 3 N–H and O–H groups in total. The van der Waals surface area contributed by atoms with Crippen LogP contribution in [0.25, 0.3) is 6.08 Å². The average Bonchev–Trinajstić information content (AvgIpc) is 2.79. The molecular weight excluding hydrogens is 206 g/mol. The maximum atomic E-state index is 10.5. The lowest BCUT2D eigenvalue weighted by molar-refractivity contribution is -0.138. The third kappa shape index (κ3) is 6.56. The van der Waals surface area contributed by atoms with E-state index >= 15 is 0 Å². The summed E-state index contributed by atoms with van der Waals surface area (Å²) in [6, 6.07) is 0. The highest BCUT2D eigenvalue weighted by Crippen LogP contribution is 1.89. The molecule has 5 nitrogen and oxygen atoms in total. The summed E-state index contributed by atoms with van der Waals surface area (Å²) in [6.07, 6.45) is 5.12. The molecule has 1 aromatic heterocycles. The number of carbonyl (C=O) groups is 1. The van der Waals surface area contributed by atoms with Crippen molar-refractivity contribution in [3.8, 4) is 0 Å². The first-order valence-corrected chi connectivity index (χ1v) is 4.76. The summed E-state index contributed by atoms with van der Waals surface area (Å²) in [5, 5.41) is 0. The van der Waals surface area contributed by atoms with Crippen molar-refractivity contribution < 1.29 is 9.53 Å². The fourth-order valence-electron chi connectivity index (χ4n) is 0.664. The number of H-pyrrole nitrogens is 1.